The van der Waals surface area contributed by atoms with E-state index in [4.69, 9.17) is 9.53 Å². The summed E-state index contributed by atoms with van der Waals surface area (Å²) in [6.07, 6.45) is 0. The summed E-state index contributed by atoms with van der Waals surface area (Å²) >= 11 is 2.94. The minimum absolute atomic E-state index is 0. The standard InChI is InChI=1S/2C14H11N3PS.C7H8.2ClH.Pd.Pt/c2*1-3-7-12(8-4-1)18(13-9-5-2-6-10-13)17-14-16-15-11-19-14;1-7-5-3-2-4-6-7;;;;/h2*1-11H;2-6H,1H3;2*1H;;/q2*-1;;;;2*+2/p-2. The normalized spacial score (nSPS) is 10.5. The minimum atomic E-state index is -0.769. The van der Waals surface area contributed by atoms with Gasteiger partial charge in [-0.2, -0.15) is 0 Å². The van der Waals surface area contributed by atoms with Gasteiger partial charge in [0.2, 0.25) is 0 Å². The third-order valence-corrected chi connectivity index (χ3v) is 11.4. The quantitative estimate of drug-likeness (QED) is 0.175. The van der Waals surface area contributed by atoms with Gasteiger partial charge in [-0.25, -0.2) is 0 Å². The van der Waals surface area contributed by atoms with Crippen LogP contribution in [0.25, 0.3) is 0 Å². The van der Waals surface area contributed by atoms with Gasteiger partial charge in [0.1, 0.15) is 0 Å². The molecule has 256 valence electrons. The summed E-state index contributed by atoms with van der Waals surface area (Å²) in [5, 5.41) is 20.6. The Hall–Kier alpha value is -2.39. The van der Waals surface area contributed by atoms with Crippen molar-refractivity contribution in [2.75, 3.05) is 0 Å². The van der Waals surface area contributed by atoms with Gasteiger partial charge in [0.25, 0.3) is 0 Å². The number of rotatable bonds is 6. The van der Waals surface area contributed by atoms with E-state index in [-0.39, 0.29) is 66.3 Å². The summed E-state index contributed by atoms with van der Waals surface area (Å²) < 4.78 is 9.54. The number of hydrogen-bond acceptors (Lipinski definition) is 6. The molecule has 0 radical (unpaired) electrons. The van der Waals surface area contributed by atoms with Crippen LogP contribution >= 0.6 is 38.8 Å². The Labute approximate surface area is 338 Å². The molecule has 0 aliphatic heterocycles. The first-order valence-corrected chi connectivity index (χ1v) is 18.4. The number of benzene rings is 5. The summed E-state index contributed by atoms with van der Waals surface area (Å²) in [6.45, 7) is 2.08. The minimum Gasteiger partial charge on any atom is -1.00 e. The molecule has 0 aliphatic carbocycles. The Bertz CT molecular complexity index is 1710. The van der Waals surface area contributed by atoms with Gasteiger partial charge >= 0.3 is 41.5 Å². The monoisotopic (exact) mass is 1030 g/mol. The van der Waals surface area contributed by atoms with Gasteiger partial charge in [0.05, 0.1) is 11.0 Å². The molecule has 2 aromatic heterocycles. The Kier molecular flexibility index (Phi) is 23.3. The van der Waals surface area contributed by atoms with E-state index in [1.165, 1.54) is 49.5 Å². The number of aromatic nitrogens is 4. The van der Waals surface area contributed by atoms with Gasteiger partial charge in [-0.15, -0.1) is 22.7 Å². The van der Waals surface area contributed by atoms with Crippen LogP contribution in [-0.2, 0) is 41.5 Å². The summed E-state index contributed by atoms with van der Waals surface area (Å²) in [6, 6.07) is 51.6. The van der Waals surface area contributed by atoms with Crippen LogP contribution in [0, 0.1) is 6.92 Å². The van der Waals surface area contributed by atoms with Crippen LogP contribution in [0.1, 0.15) is 5.56 Å². The molecular weight excluding hydrogens is 1000 g/mol. The van der Waals surface area contributed by atoms with Crippen LogP contribution in [0.5, 0.6) is 0 Å². The van der Waals surface area contributed by atoms with E-state index in [1.54, 1.807) is 11.0 Å². The fourth-order valence-corrected chi connectivity index (χ4v) is 8.66. The molecule has 7 rings (SSSR count). The number of halogens is 2. The Morgan fingerprint density at radius 2 is 0.735 bits per heavy atom. The zero-order valence-corrected chi connectivity index (χ0v) is 34.6. The van der Waals surface area contributed by atoms with Crippen molar-refractivity contribution in [3.8, 4) is 0 Å². The summed E-state index contributed by atoms with van der Waals surface area (Å²) in [7, 11) is -1.54. The van der Waals surface area contributed by atoms with Crippen LogP contribution in [-0.4, -0.2) is 10.2 Å². The molecule has 7 aromatic rings. The first-order valence-electron chi connectivity index (χ1n) is 14.0. The fraction of sp³-hybridized carbons (Fsp3) is 0.0286. The number of hydrogen-bond donors (Lipinski definition) is 0. The predicted octanol–water partition coefficient (Wildman–Crippen LogP) is 0.0958. The molecule has 0 unspecified atom stereocenters. The van der Waals surface area contributed by atoms with Crippen LogP contribution in [0.2, 0.25) is 0 Å². The smallest absolute Gasteiger partial charge is 1.00 e. The van der Waals surface area contributed by atoms with E-state index in [1.807, 2.05) is 91.0 Å². The average molecular weight is 1030 g/mol. The second-order valence-corrected chi connectivity index (χ2v) is 14.6. The molecule has 0 bridgehead atoms. The fourth-order valence-electron chi connectivity index (χ4n) is 3.93. The molecule has 0 atom stereocenters. The molecule has 0 N–H and O–H groups in total. The molecule has 0 fully saturated rings. The van der Waals surface area contributed by atoms with Gasteiger partial charge in [0.15, 0.2) is 0 Å². The van der Waals surface area contributed by atoms with Crippen LogP contribution in [0.3, 0.4) is 0 Å². The van der Waals surface area contributed by atoms with Gasteiger partial charge in [-0.1, -0.05) is 157 Å². The maximum absolute atomic E-state index is 4.77. The van der Waals surface area contributed by atoms with Crippen LogP contribution in [0.15, 0.2) is 172 Å². The Morgan fingerprint density at radius 1 is 0.469 bits per heavy atom. The third kappa shape index (κ3) is 15.2. The molecule has 0 saturated heterocycles. The van der Waals surface area contributed by atoms with Crippen molar-refractivity contribution in [2.45, 2.75) is 6.92 Å². The first kappa shape index (κ1) is 44.6. The van der Waals surface area contributed by atoms with Crippen molar-refractivity contribution >= 4 is 60.0 Å². The van der Waals surface area contributed by atoms with E-state index in [0.717, 1.165) is 9.60 Å². The summed E-state index contributed by atoms with van der Waals surface area (Å²) in [5.41, 5.74) is 4.74. The summed E-state index contributed by atoms with van der Waals surface area (Å²) in [5.74, 6) is 0. The van der Waals surface area contributed by atoms with E-state index < -0.39 is 16.1 Å². The Morgan fingerprint density at radius 3 is 0.939 bits per heavy atom. The maximum Gasteiger partial charge on any atom is 2.00 e. The van der Waals surface area contributed by atoms with Crippen molar-refractivity contribution in [1.29, 1.82) is 0 Å². The van der Waals surface area contributed by atoms with Gasteiger partial charge in [-0.05, 0) is 44.3 Å². The van der Waals surface area contributed by atoms with E-state index >= 15 is 0 Å². The van der Waals surface area contributed by atoms with E-state index in [0.29, 0.717) is 0 Å². The van der Waals surface area contributed by atoms with Gasteiger partial charge in [-0.3, -0.25) is 10.2 Å². The number of nitrogens with zero attached hydrogens (tertiary/aromatic N) is 6. The largest absolute Gasteiger partial charge is 2.00 e. The van der Waals surface area contributed by atoms with Crippen LogP contribution in [0.4, 0.5) is 0 Å². The molecule has 0 amide bonds. The first-order chi connectivity index (χ1) is 22.3. The predicted molar refractivity (Wildman–Crippen MR) is 191 cm³/mol. The molecule has 5 aromatic carbocycles. The van der Waals surface area contributed by atoms with E-state index in [2.05, 4.69) is 88.0 Å². The zero-order chi connectivity index (χ0) is 30.9. The van der Waals surface area contributed by atoms with Crippen molar-refractivity contribution in [3.05, 3.63) is 178 Å². The van der Waals surface area contributed by atoms with E-state index in [9.17, 15) is 0 Å². The average Bonchev–Trinajstić information content (AvgIpc) is 3.84. The molecule has 0 spiro atoms. The molecule has 14 heteroatoms. The maximum atomic E-state index is 4.77. The van der Waals surface area contributed by atoms with Crippen molar-refractivity contribution in [3.63, 3.8) is 0 Å². The van der Waals surface area contributed by atoms with Crippen LogP contribution < -0.4 is 65.8 Å². The molecular formula is C35H30Cl2N6P2PdPtS2. The van der Waals surface area contributed by atoms with Crippen molar-refractivity contribution in [2.24, 2.45) is 9.53 Å². The van der Waals surface area contributed by atoms with Crippen molar-refractivity contribution in [1.82, 2.24) is 20.4 Å². The van der Waals surface area contributed by atoms with Gasteiger partial charge < -0.3 is 44.5 Å². The Balaban J connectivity index is 0.000000384. The molecule has 6 nitrogen and oxygen atoms in total. The molecule has 0 saturated carbocycles. The second-order valence-electron chi connectivity index (χ2n) is 9.26. The second kappa shape index (κ2) is 25.5. The number of aryl methyl sites for hydroxylation is 1. The topological polar surface area (TPSA) is 78.7 Å². The molecule has 49 heavy (non-hydrogen) atoms. The summed E-state index contributed by atoms with van der Waals surface area (Å²) in [4.78, 5) is 1.47. The molecule has 2 heterocycles. The van der Waals surface area contributed by atoms with Crippen molar-refractivity contribution < 1.29 is 66.3 Å². The SMILES string of the molecule is Cc1ccccc1.[Cl-].[Cl-].[Pd+2].[Pt+2].c1ccc(P(/N=c2\[n-]ncs2)c2ccccc2)cc1.c1ccc(P(/N=c2\[n-]ncs2)c2ccccc2)cc1. The molecule has 0 aliphatic rings. The zero-order valence-electron chi connectivity index (χ0n) is 25.9. The third-order valence-electron chi connectivity index (χ3n) is 6.01. The van der Waals surface area contributed by atoms with Gasteiger partial charge in [0, 0.05) is 9.60 Å².